The summed E-state index contributed by atoms with van der Waals surface area (Å²) in [5, 5.41) is 22.4. The van der Waals surface area contributed by atoms with Crippen LogP contribution in [0.3, 0.4) is 0 Å². The zero-order valence-electron chi connectivity index (χ0n) is 14.2. The SMILES string of the molecule is Cn1c(Nc2ccc(I)cc2F)c(C(O)NOCCO)c2occc2c1=O. The molecule has 8 nitrogen and oxygen atoms in total. The molecule has 0 aliphatic rings. The van der Waals surface area contributed by atoms with E-state index >= 15 is 0 Å². The zero-order valence-corrected chi connectivity index (χ0v) is 16.4. The number of halogens is 2. The number of rotatable bonds is 7. The Labute approximate surface area is 166 Å². The van der Waals surface area contributed by atoms with E-state index in [1.807, 2.05) is 22.6 Å². The molecular formula is C17H17FIN3O5. The highest BCUT2D eigenvalue weighted by atomic mass is 127. The Hall–Kier alpha value is -1.99. The minimum Gasteiger partial charge on any atom is -0.464 e. The van der Waals surface area contributed by atoms with Gasteiger partial charge in [0.1, 0.15) is 17.2 Å². The number of nitrogens with zero attached hydrogens (tertiary/aromatic N) is 1. The van der Waals surface area contributed by atoms with Crippen molar-refractivity contribution in [2.24, 2.45) is 7.05 Å². The fourth-order valence-electron chi connectivity index (χ4n) is 2.62. The lowest BCUT2D eigenvalue weighted by Crippen LogP contribution is -2.28. The van der Waals surface area contributed by atoms with Crippen LogP contribution in [0.1, 0.15) is 11.8 Å². The van der Waals surface area contributed by atoms with Gasteiger partial charge in [0.15, 0.2) is 6.23 Å². The number of fused-ring (bicyclic) bond motifs is 1. The summed E-state index contributed by atoms with van der Waals surface area (Å²) in [5.74, 6) is -0.381. The highest BCUT2D eigenvalue weighted by molar-refractivity contribution is 14.1. The summed E-state index contributed by atoms with van der Waals surface area (Å²) in [4.78, 5) is 17.5. The predicted octanol–water partition coefficient (Wildman–Crippen LogP) is 2.12. The molecule has 10 heteroatoms. The number of hydrogen-bond acceptors (Lipinski definition) is 7. The Bertz CT molecular complexity index is 1020. The third-order valence-electron chi connectivity index (χ3n) is 3.88. The van der Waals surface area contributed by atoms with Crippen LogP contribution in [-0.2, 0) is 11.9 Å². The van der Waals surface area contributed by atoms with Crippen LogP contribution >= 0.6 is 22.6 Å². The standard InChI is InChI=1S/C17H17FIN3O5/c1-22-15(20-12-3-2-9(19)8-11(12)18)13(16(24)21-27-7-5-23)14-10(17(22)25)4-6-26-14/h2-4,6,8,16,20-21,23-24H,5,7H2,1H3. The molecule has 0 aliphatic heterocycles. The molecule has 2 aromatic heterocycles. The van der Waals surface area contributed by atoms with Crippen molar-refractivity contribution in [3.63, 3.8) is 0 Å². The average molecular weight is 489 g/mol. The van der Waals surface area contributed by atoms with Crippen LogP contribution < -0.4 is 16.4 Å². The Morgan fingerprint density at radius 3 is 2.89 bits per heavy atom. The quantitative estimate of drug-likeness (QED) is 0.174. The van der Waals surface area contributed by atoms with Gasteiger partial charge >= 0.3 is 0 Å². The first kappa shape index (κ1) is 19.8. The monoisotopic (exact) mass is 489 g/mol. The second-order valence-electron chi connectivity index (χ2n) is 5.63. The van der Waals surface area contributed by atoms with Gasteiger partial charge in [-0.25, -0.2) is 4.39 Å². The topological polar surface area (TPSA) is 109 Å². The highest BCUT2D eigenvalue weighted by Crippen LogP contribution is 2.32. The van der Waals surface area contributed by atoms with Crippen LogP contribution in [-0.4, -0.2) is 28.0 Å². The first-order valence-electron chi connectivity index (χ1n) is 7.92. The fraction of sp³-hybridized carbons (Fsp3) is 0.235. The molecule has 144 valence electrons. The summed E-state index contributed by atoms with van der Waals surface area (Å²) in [6.07, 6.45) is -0.0852. The predicted molar refractivity (Wildman–Crippen MR) is 105 cm³/mol. The van der Waals surface area contributed by atoms with Gasteiger partial charge in [0.05, 0.1) is 36.1 Å². The Kier molecular flexibility index (Phi) is 6.11. The van der Waals surface area contributed by atoms with Gasteiger partial charge in [-0.15, -0.1) is 0 Å². The van der Waals surface area contributed by atoms with E-state index in [0.717, 1.165) is 0 Å². The first-order chi connectivity index (χ1) is 12.9. The molecule has 0 bridgehead atoms. The van der Waals surface area contributed by atoms with Gasteiger partial charge in [-0.2, -0.15) is 5.48 Å². The van der Waals surface area contributed by atoms with E-state index in [2.05, 4.69) is 10.8 Å². The van der Waals surface area contributed by atoms with Crippen LogP contribution in [0.4, 0.5) is 15.9 Å². The molecule has 0 fully saturated rings. The largest absolute Gasteiger partial charge is 0.464 e. The molecule has 0 saturated heterocycles. The molecule has 0 spiro atoms. The number of hydrogen-bond donors (Lipinski definition) is 4. The van der Waals surface area contributed by atoms with Crippen molar-refractivity contribution in [3.8, 4) is 0 Å². The lowest BCUT2D eigenvalue weighted by Gasteiger charge is -2.20. The summed E-state index contributed by atoms with van der Waals surface area (Å²) in [6, 6.07) is 6.05. The van der Waals surface area contributed by atoms with Crippen molar-refractivity contribution in [2.45, 2.75) is 6.23 Å². The van der Waals surface area contributed by atoms with E-state index in [0.29, 0.717) is 3.57 Å². The summed E-state index contributed by atoms with van der Waals surface area (Å²) >= 11 is 1.99. The third kappa shape index (κ3) is 3.99. The van der Waals surface area contributed by atoms with Crippen molar-refractivity contribution in [1.82, 2.24) is 10.0 Å². The van der Waals surface area contributed by atoms with Crippen molar-refractivity contribution >= 4 is 45.1 Å². The van der Waals surface area contributed by atoms with Gasteiger partial charge < -0.3 is 19.9 Å². The number of pyridine rings is 1. The minimum atomic E-state index is -1.41. The maximum absolute atomic E-state index is 14.3. The highest BCUT2D eigenvalue weighted by Gasteiger charge is 2.24. The van der Waals surface area contributed by atoms with Crippen molar-refractivity contribution in [2.75, 3.05) is 18.5 Å². The Morgan fingerprint density at radius 2 is 2.19 bits per heavy atom. The van der Waals surface area contributed by atoms with Crippen LogP contribution in [0.25, 0.3) is 11.0 Å². The number of aromatic nitrogens is 1. The molecule has 0 amide bonds. The van der Waals surface area contributed by atoms with Crippen LogP contribution in [0.15, 0.2) is 39.7 Å². The van der Waals surface area contributed by atoms with Gasteiger partial charge in [-0.05, 0) is 46.9 Å². The first-order valence-corrected chi connectivity index (χ1v) is 9.00. The summed E-state index contributed by atoms with van der Waals surface area (Å²) in [6.45, 7) is -0.305. The smallest absolute Gasteiger partial charge is 0.263 e. The van der Waals surface area contributed by atoms with Gasteiger partial charge in [0.2, 0.25) is 0 Å². The van der Waals surface area contributed by atoms with Gasteiger partial charge in [0.25, 0.3) is 5.56 Å². The van der Waals surface area contributed by atoms with Crippen LogP contribution in [0.5, 0.6) is 0 Å². The zero-order chi connectivity index (χ0) is 19.6. The molecular weight excluding hydrogens is 472 g/mol. The summed E-state index contributed by atoms with van der Waals surface area (Å²) in [7, 11) is 1.49. The minimum absolute atomic E-state index is 0.0569. The number of benzene rings is 1. The molecule has 1 unspecified atom stereocenters. The average Bonchev–Trinajstić information content (AvgIpc) is 3.11. The Balaban J connectivity index is 2.13. The summed E-state index contributed by atoms with van der Waals surface area (Å²) < 4.78 is 21.6. The molecule has 1 aromatic carbocycles. The number of aliphatic hydroxyl groups excluding tert-OH is 2. The lowest BCUT2D eigenvalue weighted by atomic mass is 10.1. The number of nitrogens with one attached hydrogen (secondary N) is 2. The fourth-order valence-corrected chi connectivity index (χ4v) is 3.08. The molecule has 1 atom stereocenters. The van der Waals surface area contributed by atoms with E-state index in [4.69, 9.17) is 14.4 Å². The normalized spacial score (nSPS) is 12.5. The van der Waals surface area contributed by atoms with Crippen molar-refractivity contribution in [1.29, 1.82) is 0 Å². The van der Waals surface area contributed by atoms with Crippen molar-refractivity contribution in [3.05, 3.63) is 55.8 Å². The number of hydroxylamine groups is 1. The lowest BCUT2D eigenvalue weighted by molar-refractivity contribution is -0.0673. The molecule has 0 saturated carbocycles. The molecule has 27 heavy (non-hydrogen) atoms. The van der Waals surface area contributed by atoms with E-state index in [-0.39, 0.29) is 46.8 Å². The van der Waals surface area contributed by atoms with Crippen LogP contribution in [0.2, 0.25) is 0 Å². The molecule has 3 aromatic rings. The second-order valence-corrected chi connectivity index (χ2v) is 6.88. The molecule has 2 heterocycles. The van der Waals surface area contributed by atoms with Gasteiger partial charge in [-0.1, -0.05) is 0 Å². The summed E-state index contributed by atoms with van der Waals surface area (Å²) in [5.41, 5.74) is 2.41. The molecule has 4 N–H and O–H groups in total. The molecule has 0 aliphatic carbocycles. The van der Waals surface area contributed by atoms with Gasteiger partial charge in [-0.3, -0.25) is 14.2 Å². The van der Waals surface area contributed by atoms with E-state index in [1.165, 1.54) is 36.1 Å². The van der Waals surface area contributed by atoms with E-state index in [9.17, 15) is 14.3 Å². The number of anilines is 2. The van der Waals surface area contributed by atoms with E-state index < -0.39 is 12.0 Å². The number of furan rings is 1. The maximum Gasteiger partial charge on any atom is 0.263 e. The molecule has 3 rings (SSSR count). The second kappa shape index (κ2) is 8.35. The Morgan fingerprint density at radius 1 is 1.41 bits per heavy atom. The van der Waals surface area contributed by atoms with Gasteiger partial charge in [0, 0.05) is 10.6 Å². The number of aliphatic hydroxyl groups is 2. The van der Waals surface area contributed by atoms with Crippen LogP contribution in [0, 0.1) is 9.39 Å². The van der Waals surface area contributed by atoms with Crippen molar-refractivity contribution < 1.29 is 23.9 Å². The third-order valence-corrected chi connectivity index (χ3v) is 4.55. The maximum atomic E-state index is 14.3. The van der Waals surface area contributed by atoms with E-state index in [1.54, 1.807) is 6.07 Å². The molecule has 0 radical (unpaired) electrons.